The summed E-state index contributed by atoms with van der Waals surface area (Å²) in [6.07, 6.45) is 5.88. The summed E-state index contributed by atoms with van der Waals surface area (Å²) in [5.74, 6) is 0.163. The zero-order valence-corrected chi connectivity index (χ0v) is 18.8. The van der Waals surface area contributed by atoms with Crippen molar-refractivity contribution in [2.75, 3.05) is 40.4 Å². The summed E-state index contributed by atoms with van der Waals surface area (Å²) >= 11 is 0. The third kappa shape index (κ3) is 5.89. The molecule has 0 bridgehead atoms. The first kappa shape index (κ1) is 22.4. The molecule has 0 radical (unpaired) electrons. The fraction of sp³-hybridized carbons (Fsp3) is 0.520. The second kappa shape index (κ2) is 9.71. The molecule has 0 atom stereocenters. The fourth-order valence-corrected chi connectivity index (χ4v) is 4.42. The molecule has 0 spiro atoms. The average molecular weight is 410 g/mol. The Morgan fingerprint density at radius 3 is 2.27 bits per heavy atom. The monoisotopic (exact) mass is 409 g/mol. The van der Waals surface area contributed by atoms with Crippen molar-refractivity contribution >= 4 is 5.91 Å². The Labute approximate surface area is 180 Å². The van der Waals surface area contributed by atoms with Gasteiger partial charge in [-0.1, -0.05) is 38.1 Å². The molecule has 1 aromatic heterocycles. The molecule has 1 aromatic carbocycles. The summed E-state index contributed by atoms with van der Waals surface area (Å²) in [4.78, 5) is 19.6. The van der Waals surface area contributed by atoms with Crippen LogP contribution in [0.3, 0.4) is 0 Å². The van der Waals surface area contributed by atoms with E-state index in [4.69, 9.17) is 4.74 Å². The number of nitrogens with one attached hydrogen (secondary N) is 1. The third-order valence-corrected chi connectivity index (χ3v) is 5.91. The smallest absolute Gasteiger partial charge is 0.226 e. The van der Waals surface area contributed by atoms with Crippen LogP contribution in [0, 0.1) is 10.8 Å². The number of nitrogens with zero attached hydrogens (tertiary/aromatic N) is 2. The van der Waals surface area contributed by atoms with Crippen molar-refractivity contribution in [2.45, 2.75) is 33.1 Å². The number of hydrogen-bond donors (Lipinski definition) is 1. The largest absolute Gasteiger partial charge is 0.381 e. The highest BCUT2D eigenvalue weighted by molar-refractivity contribution is 5.83. The van der Waals surface area contributed by atoms with E-state index in [-0.39, 0.29) is 11.3 Å². The van der Waals surface area contributed by atoms with Crippen molar-refractivity contribution in [1.29, 1.82) is 0 Å². The number of amides is 1. The van der Waals surface area contributed by atoms with Gasteiger partial charge in [0.15, 0.2) is 0 Å². The molecule has 1 N–H and O–H groups in total. The molecule has 0 saturated carbocycles. The normalized spacial score (nSPS) is 16.4. The van der Waals surface area contributed by atoms with Gasteiger partial charge in [-0.25, -0.2) is 0 Å². The first-order valence-electron chi connectivity index (χ1n) is 10.8. The number of pyridine rings is 1. The summed E-state index contributed by atoms with van der Waals surface area (Å²) in [6, 6.07) is 12.6. The van der Waals surface area contributed by atoms with E-state index in [0.717, 1.165) is 36.9 Å². The minimum absolute atomic E-state index is 0.0255. The van der Waals surface area contributed by atoms with Crippen LogP contribution in [-0.2, 0) is 16.0 Å². The molecule has 3 rings (SSSR count). The maximum Gasteiger partial charge on any atom is 0.226 e. The maximum atomic E-state index is 13.4. The van der Waals surface area contributed by atoms with Gasteiger partial charge in [0, 0.05) is 38.7 Å². The molecule has 0 aliphatic carbocycles. The van der Waals surface area contributed by atoms with E-state index in [9.17, 15) is 4.79 Å². The highest BCUT2D eigenvalue weighted by atomic mass is 16.5. The number of carbonyl (C=O) groups is 1. The molecule has 1 amide bonds. The van der Waals surface area contributed by atoms with Gasteiger partial charge in [0.1, 0.15) is 0 Å². The summed E-state index contributed by atoms with van der Waals surface area (Å²) < 4.78 is 5.60. The van der Waals surface area contributed by atoms with Crippen LogP contribution in [0.15, 0.2) is 48.8 Å². The summed E-state index contributed by atoms with van der Waals surface area (Å²) in [6.45, 7) is 7.28. The first-order valence-corrected chi connectivity index (χ1v) is 10.8. The lowest BCUT2D eigenvalue weighted by molar-refractivity contribution is -0.137. The highest BCUT2D eigenvalue weighted by Gasteiger charge is 2.40. The van der Waals surface area contributed by atoms with Crippen molar-refractivity contribution in [1.82, 2.24) is 15.2 Å². The second-order valence-electron chi connectivity index (χ2n) is 9.59. The van der Waals surface area contributed by atoms with Crippen molar-refractivity contribution in [3.63, 3.8) is 0 Å². The van der Waals surface area contributed by atoms with E-state index in [1.54, 1.807) is 0 Å². The molecule has 1 fully saturated rings. The second-order valence-corrected chi connectivity index (χ2v) is 9.59. The van der Waals surface area contributed by atoms with Gasteiger partial charge in [-0.15, -0.1) is 0 Å². The summed E-state index contributed by atoms with van der Waals surface area (Å²) in [5, 5.41) is 3.27. The Morgan fingerprint density at radius 2 is 1.67 bits per heavy atom. The molecule has 5 nitrogen and oxygen atoms in total. The van der Waals surface area contributed by atoms with Crippen LogP contribution in [0.4, 0.5) is 0 Å². The van der Waals surface area contributed by atoms with Crippen LogP contribution in [0.5, 0.6) is 0 Å². The van der Waals surface area contributed by atoms with E-state index in [1.165, 1.54) is 5.56 Å². The number of ether oxygens (including phenoxy) is 1. The van der Waals surface area contributed by atoms with Crippen molar-refractivity contribution < 1.29 is 9.53 Å². The minimum Gasteiger partial charge on any atom is -0.381 e. The van der Waals surface area contributed by atoms with Gasteiger partial charge in [0.2, 0.25) is 5.91 Å². The van der Waals surface area contributed by atoms with Gasteiger partial charge in [0.25, 0.3) is 0 Å². The third-order valence-electron chi connectivity index (χ3n) is 5.91. The zero-order chi connectivity index (χ0) is 21.6. The van der Waals surface area contributed by atoms with Gasteiger partial charge in [-0.2, -0.15) is 0 Å². The molecular formula is C25H35N3O2. The van der Waals surface area contributed by atoms with Crippen LogP contribution < -0.4 is 5.32 Å². The fourth-order valence-electron chi connectivity index (χ4n) is 4.42. The molecule has 1 saturated heterocycles. The number of aromatic nitrogens is 1. The van der Waals surface area contributed by atoms with Crippen LogP contribution >= 0.6 is 0 Å². The van der Waals surface area contributed by atoms with Gasteiger partial charge in [-0.05, 0) is 67.6 Å². The molecule has 0 unspecified atom stereocenters. The van der Waals surface area contributed by atoms with Crippen molar-refractivity contribution in [3.05, 3.63) is 54.4 Å². The number of hydrogen-bond acceptors (Lipinski definition) is 4. The Balaban J connectivity index is 1.71. The predicted octanol–water partition coefficient (Wildman–Crippen LogP) is 3.79. The van der Waals surface area contributed by atoms with Crippen molar-refractivity contribution in [2.24, 2.45) is 10.8 Å². The van der Waals surface area contributed by atoms with Crippen LogP contribution in [0.25, 0.3) is 11.1 Å². The summed E-state index contributed by atoms with van der Waals surface area (Å²) in [7, 11) is 4.14. The zero-order valence-electron chi connectivity index (χ0n) is 18.8. The van der Waals surface area contributed by atoms with E-state index in [1.807, 2.05) is 24.5 Å². The lowest BCUT2D eigenvalue weighted by Crippen LogP contribution is -2.49. The number of carbonyl (C=O) groups excluding carboxylic acids is 1. The lowest BCUT2D eigenvalue weighted by Gasteiger charge is -2.37. The van der Waals surface area contributed by atoms with Gasteiger partial charge >= 0.3 is 0 Å². The van der Waals surface area contributed by atoms with Crippen LogP contribution in [0.2, 0.25) is 0 Å². The predicted molar refractivity (Wildman–Crippen MR) is 121 cm³/mol. The summed E-state index contributed by atoms with van der Waals surface area (Å²) in [5.41, 5.74) is 3.13. The molecular weight excluding hydrogens is 374 g/mol. The Morgan fingerprint density at radius 1 is 1.07 bits per heavy atom. The SMILES string of the molecule is CN(C)CC(C)(C)CNC(=O)C1(Cc2ccc(-c3ccncc3)cc2)CCOCC1. The Hall–Kier alpha value is -2.24. The Kier molecular flexibility index (Phi) is 7.27. The number of rotatable bonds is 8. The molecule has 162 valence electrons. The van der Waals surface area contributed by atoms with E-state index in [0.29, 0.717) is 19.8 Å². The number of benzene rings is 1. The molecule has 1 aliphatic rings. The maximum absolute atomic E-state index is 13.4. The molecule has 2 heterocycles. The molecule has 1 aliphatic heterocycles. The van der Waals surface area contributed by atoms with Crippen LogP contribution in [-0.4, -0.2) is 56.2 Å². The highest BCUT2D eigenvalue weighted by Crippen LogP contribution is 2.35. The Bertz CT molecular complexity index is 810. The quantitative estimate of drug-likeness (QED) is 0.721. The topological polar surface area (TPSA) is 54.5 Å². The van der Waals surface area contributed by atoms with Gasteiger partial charge < -0.3 is 15.0 Å². The van der Waals surface area contributed by atoms with Crippen molar-refractivity contribution in [3.8, 4) is 11.1 Å². The molecule has 2 aromatic rings. The minimum atomic E-state index is -0.398. The van der Waals surface area contributed by atoms with Crippen LogP contribution in [0.1, 0.15) is 32.3 Å². The van der Waals surface area contributed by atoms with E-state index in [2.05, 4.69) is 67.4 Å². The lowest BCUT2D eigenvalue weighted by atomic mass is 9.74. The van der Waals surface area contributed by atoms with Gasteiger partial charge in [0.05, 0.1) is 5.41 Å². The van der Waals surface area contributed by atoms with E-state index < -0.39 is 5.41 Å². The average Bonchev–Trinajstić information content (AvgIpc) is 2.73. The standard InChI is InChI=1S/C25H35N3O2/c1-24(2,19-28(3)4)18-27-23(29)25(11-15-30-16-12-25)17-20-5-7-21(8-6-20)22-9-13-26-14-10-22/h5-10,13-14H,11-12,15-19H2,1-4H3,(H,27,29). The van der Waals surface area contributed by atoms with E-state index >= 15 is 0 Å². The molecule has 5 heteroatoms. The van der Waals surface area contributed by atoms with Gasteiger partial charge in [-0.3, -0.25) is 9.78 Å². The first-order chi connectivity index (χ1) is 14.3. The molecule has 30 heavy (non-hydrogen) atoms.